The number of anilines is 2. The molecule has 0 saturated heterocycles. The molecule has 1 aliphatic rings. The van der Waals surface area contributed by atoms with Crippen LogP contribution in [0.2, 0.25) is 5.02 Å². The van der Waals surface area contributed by atoms with Gasteiger partial charge in [0.15, 0.2) is 0 Å². The molecule has 0 fully saturated rings. The number of nitrogens with zero attached hydrogens (tertiary/aromatic N) is 3. The van der Waals surface area contributed by atoms with Crippen molar-refractivity contribution >= 4 is 41.2 Å². The summed E-state index contributed by atoms with van der Waals surface area (Å²) in [4.78, 5) is 17.1. The van der Waals surface area contributed by atoms with Crippen LogP contribution in [-0.4, -0.2) is 27.8 Å². The van der Waals surface area contributed by atoms with Crippen LogP contribution >= 0.6 is 11.6 Å². The van der Waals surface area contributed by atoms with Gasteiger partial charge in [0.05, 0.1) is 7.11 Å². The Bertz CT molecular complexity index is 1390. The standard InChI is InChI=1S/C27H22ClN5O2/c1-35-22-14-7-18(8-15-22)9-16-25(34)30-26-31-27-29-23(19-5-3-2-4-6-19)17-24(33(27)32-26)20-10-12-21(28)13-11-20/h2-17,24H,1H3,(H2,29,30,31,32,34)/b16-9+/t24-/m0/s1. The van der Waals surface area contributed by atoms with Gasteiger partial charge in [-0.2, -0.15) is 4.98 Å². The zero-order valence-corrected chi connectivity index (χ0v) is 19.6. The molecule has 1 amide bonds. The number of hydrogen-bond donors (Lipinski definition) is 2. The number of benzene rings is 3. The maximum atomic E-state index is 12.5. The molecule has 0 saturated carbocycles. The van der Waals surface area contributed by atoms with E-state index in [1.165, 1.54) is 6.08 Å². The number of fused-ring (bicyclic) bond motifs is 1. The average molecular weight is 484 g/mol. The molecule has 0 unspecified atom stereocenters. The van der Waals surface area contributed by atoms with Crippen LogP contribution in [0.25, 0.3) is 11.8 Å². The Morgan fingerprint density at radius 1 is 1.06 bits per heavy atom. The van der Waals surface area contributed by atoms with Gasteiger partial charge in [0.1, 0.15) is 11.8 Å². The summed E-state index contributed by atoms with van der Waals surface area (Å²) in [5, 5.41) is 11.3. The van der Waals surface area contributed by atoms with Gasteiger partial charge < -0.3 is 10.1 Å². The smallest absolute Gasteiger partial charge is 0.250 e. The van der Waals surface area contributed by atoms with Gasteiger partial charge in [0.2, 0.25) is 5.95 Å². The number of amides is 1. The predicted octanol–water partition coefficient (Wildman–Crippen LogP) is 5.65. The second-order valence-electron chi connectivity index (χ2n) is 7.87. The summed E-state index contributed by atoms with van der Waals surface area (Å²) in [6, 6.07) is 24.8. The van der Waals surface area contributed by atoms with E-state index in [1.54, 1.807) is 17.9 Å². The average Bonchev–Trinajstić information content (AvgIpc) is 3.30. The van der Waals surface area contributed by atoms with Gasteiger partial charge in [-0.3, -0.25) is 10.1 Å². The minimum Gasteiger partial charge on any atom is -0.497 e. The maximum absolute atomic E-state index is 12.5. The van der Waals surface area contributed by atoms with Crippen LogP contribution in [0, 0.1) is 0 Å². The lowest BCUT2D eigenvalue weighted by molar-refractivity contribution is -0.111. The van der Waals surface area contributed by atoms with Gasteiger partial charge in [0.25, 0.3) is 11.9 Å². The van der Waals surface area contributed by atoms with E-state index in [9.17, 15) is 4.79 Å². The van der Waals surface area contributed by atoms with Crippen LogP contribution in [0.15, 0.2) is 91.0 Å². The Morgan fingerprint density at radius 2 is 1.80 bits per heavy atom. The molecule has 3 aromatic carbocycles. The largest absolute Gasteiger partial charge is 0.497 e. The second kappa shape index (κ2) is 9.87. The van der Waals surface area contributed by atoms with Crippen molar-refractivity contribution in [2.24, 2.45) is 0 Å². The van der Waals surface area contributed by atoms with Crippen LogP contribution in [0.4, 0.5) is 11.9 Å². The van der Waals surface area contributed by atoms with E-state index in [2.05, 4.69) is 26.8 Å². The maximum Gasteiger partial charge on any atom is 0.250 e. The fourth-order valence-corrected chi connectivity index (χ4v) is 3.89. The Kier molecular flexibility index (Phi) is 6.32. The fourth-order valence-electron chi connectivity index (χ4n) is 3.77. The molecule has 1 aliphatic heterocycles. The number of allylic oxidation sites excluding steroid dienone is 1. The quantitative estimate of drug-likeness (QED) is 0.346. The lowest BCUT2D eigenvalue weighted by Gasteiger charge is -2.24. The third kappa shape index (κ3) is 5.10. The normalized spacial score (nSPS) is 14.7. The summed E-state index contributed by atoms with van der Waals surface area (Å²) in [7, 11) is 1.61. The SMILES string of the molecule is COc1ccc(/C=C/C(=O)Nc2nc3n(n2)[C@H](c2ccc(Cl)cc2)C=C(c2ccccc2)N3)cc1. The Morgan fingerprint density at radius 3 is 2.51 bits per heavy atom. The van der Waals surface area contributed by atoms with Crippen LogP contribution in [0.5, 0.6) is 5.75 Å². The van der Waals surface area contributed by atoms with E-state index in [1.807, 2.05) is 78.9 Å². The lowest BCUT2D eigenvalue weighted by Crippen LogP contribution is -2.20. The molecule has 2 N–H and O–H groups in total. The number of hydrogen-bond acceptors (Lipinski definition) is 5. The highest BCUT2D eigenvalue weighted by molar-refractivity contribution is 6.30. The van der Waals surface area contributed by atoms with Gasteiger partial charge in [-0.1, -0.05) is 66.2 Å². The van der Waals surface area contributed by atoms with Gasteiger partial charge >= 0.3 is 0 Å². The molecular weight excluding hydrogens is 462 g/mol. The van der Waals surface area contributed by atoms with Crippen molar-refractivity contribution in [1.82, 2.24) is 14.8 Å². The zero-order chi connectivity index (χ0) is 24.2. The number of aromatic nitrogens is 3. The van der Waals surface area contributed by atoms with E-state index >= 15 is 0 Å². The van der Waals surface area contributed by atoms with Crippen LogP contribution in [-0.2, 0) is 4.79 Å². The first-order valence-corrected chi connectivity index (χ1v) is 11.4. The Hall–Kier alpha value is -4.36. The molecule has 2 heterocycles. The molecule has 174 valence electrons. The summed E-state index contributed by atoms with van der Waals surface area (Å²) in [6.07, 6.45) is 5.24. The number of methoxy groups -OCH3 is 1. The van der Waals surface area contributed by atoms with Crippen molar-refractivity contribution < 1.29 is 9.53 Å². The molecule has 4 aromatic rings. The molecular formula is C27H22ClN5O2. The summed E-state index contributed by atoms with van der Waals surface area (Å²) in [5.74, 6) is 1.16. The molecule has 0 spiro atoms. The summed E-state index contributed by atoms with van der Waals surface area (Å²) < 4.78 is 6.91. The van der Waals surface area contributed by atoms with E-state index in [0.29, 0.717) is 11.0 Å². The van der Waals surface area contributed by atoms with E-state index in [0.717, 1.165) is 28.1 Å². The summed E-state index contributed by atoms with van der Waals surface area (Å²) in [5.41, 5.74) is 3.79. The highest BCUT2D eigenvalue weighted by atomic mass is 35.5. The van der Waals surface area contributed by atoms with Crippen molar-refractivity contribution in [2.45, 2.75) is 6.04 Å². The first kappa shape index (κ1) is 22.4. The minimum atomic E-state index is -0.331. The predicted molar refractivity (Wildman–Crippen MR) is 138 cm³/mol. The van der Waals surface area contributed by atoms with Gasteiger partial charge in [0, 0.05) is 16.8 Å². The lowest BCUT2D eigenvalue weighted by atomic mass is 10.0. The molecule has 0 bridgehead atoms. The van der Waals surface area contributed by atoms with E-state index in [-0.39, 0.29) is 17.9 Å². The molecule has 1 atom stereocenters. The Labute approximate surface area is 207 Å². The monoisotopic (exact) mass is 483 g/mol. The third-order valence-electron chi connectivity index (χ3n) is 5.54. The molecule has 1 aromatic heterocycles. The molecule has 0 aliphatic carbocycles. The first-order chi connectivity index (χ1) is 17.1. The van der Waals surface area contributed by atoms with Gasteiger partial charge in [-0.15, -0.1) is 5.10 Å². The van der Waals surface area contributed by atoms with Crippen molar-refractivity contribution in [1.29, 1.82) is 0 Å². The Balaban J connectivity index is 1.40. The topological polar surface area (TPSA) is 81.1 Å². The van der Waals surface area contributed by atoms with E-state index < -0.39 is 0 Å². The number of ether oxygens (including phenoxy) is 1. The second-order valence-corrected chi connectivity index (χ2v) is 8.30. The van der Waals surface area contributed by atoms with Crippen molar-refractivity contribution in [3.05, 3.63) is 113 Å². The molecule has 35 heavy (non-hydrogen) atoms. The van der Waals surface area contributed by atoms with E-state index in [4.69, 9.17) is 16.3 Å². The molecule has 8 heteroatoms. The van der Waals surface area contributed by atoms with Crippen LogP contribution < -0.4 is 15.4 Å². The summed E-state index contributed by atoms with van der Waals surface area (Å²) >= 11 is 6.10. The van der Waals surface area contributed by atoms with Crippen LogP contribution in [0.1, 0.15) is 22.7 Å². The minimum absolute atomic E-state index is 0.207. The third-order valence-corrected chi connectivity index (χ3v) is 5.79. The number of halogens is 1. The molecule has 0 radical (unpaired) electrons. The fraction of sp³-hybridized carbons (Fsp3) is 0.0741. The highest BCUT2D eigenvalue weighted by Gasteiger charge is 2.25. The van der Waals surface area contributed by atoms with Crippen LogP contribution in [0.3, 0.4) is 0 Å². The first-order valence-electron chi connectivity index (χ1n) is 11.0. The molecule has 5 rings (SSSR count). The number of nitrogens with one attached hydrogen (secondary N) is 2. The zero-order valence-electron chi connectivity index (χ0n) is 18.9. The van der Waals surface area contributed by atoms with Crippen molar-refractivity contribution in [3.63, 3.8) is 0 Å². The van der Waals surface area contributed by atoms with Crippen molar-refractivity contribution in [3.8, 4) is 5.75 Å². The molecule has 7 nitrogen and oxygen atoms in total. The number of carbonyl (C=O) groups is 1. The summed E-state index contributed by atoms with van der Waals surface area (Å²) in [6.45, 7) is 0. The highest BCUT2D eigenvalue weighted by Crippen LogP contribution is 2.33. The number of carbonyl (C=O) groups excluding carboxylic acids is 1. The number of rotatable bonds is 6. The van der Waals surface area contributed by atoms with Gasteiger partial charge in [-0.25, -0.2) is 4.68 Å². The van der Waals surface area contributed by atoms with Crippen molar-refractivity contribution in [2.75, 3.05) is 17.7 Å². The van der Waals surface area contributed by atoms with Gasteiger partial charge in [-0.05, 0) is 53.1 Å².